The second-order valence-corrected chi connectivity index (χ2v) is 4.74. The first-order valence-electron chi connectivity index (χ1n) is 6.50. The summed E-state index contributed by atoms with van der Waals surface area (Å²) in [6.07, 6.45) is 1.00. The average molecular weight is 238 g/mol. The molecule has 98 valence electrons. The van der Waals surface area contributed by atoms with Crippen LogP contribution in [0, 0.1) is 0 Å². The summed E-state index contributed by atoms with van der Waals surface area (Å²) in [6, 6.07) is 2.68. The third kappa shape index (κ3) is 4.48. The molecule has 4 nitrogen and oxygen atoms in total. The van der Waals surface area contributed by atoms with E-state index >= 15 is 0 Å². The number of aromatic nitrogens is 2. The smallest absolute Gasteiger partial charge is 0.0625 e. The van der Waals surface area contributed by atoms with E-state index < -0.39 is 0 Å². The zero-order valence-corrected chi connectivity index (χ0v) is 11.8. The molecule has 0 aliphatic heterocycles. The molecular formula is C13H26N4. The van der Waals surface area contributed by atoms with Crippen LogP contribution >= 0.6 is 0 Å². The first-order valence-corrected chi connectivity index (χ1v) is 6.50. The number of rotatable bonds is 7. The largest absolute Gasteiger partial charge is 0.307 e. The van der Waals surface area contributed by atoms with Crippen LogP contribution in [0.25, 0.3) is 0 Å². The lowest BCUT2D eigenvalue weighted by Crippen LogP contribution is -2.37. The summed E-state index contributed by atoms with van der Waals surface area (Å²) in [6.45, 7) is 9.61. The maximum atomic E-state index is 4.45. The molecule has 1 rings (SSSR count). The Balaban J connectivity index is 2.41. The van der Waals surface area contributed by atoms with Gasteiger partial charge in [0.1, 0.15) is 0 Å². The van der Waals surface area contributed by atoms with Gasteiger partial charge in [-0.1, -0.05) is 13.8 Å². The molecule has 0 radical (unpaired) electrons. The molecule has 17 heavy (non-hydrogen) atoms. The number of aryl methyl sites for hydroxylation is 2. The van der Waals surface area contributed by atoms with Gasteiger partial charge in [0.15, 0.2) is 0 Å². The molecule has 0 aliphatic rings. The van der Waals surface area contributed by atoms with Crippen molar-refractivity contribution in [1.82, 2.24) is 20.0 Å². The SMILES string of the molecule is CCc1cc(CNC(C)CN(C)CC)n(C)n1. The van der Waals surface area contributed by atoms with Gasteiger partial charge < -0.3 is 10.2 Å². The Labute approximate surface area is 105 Å². The van der Waals surface area contributed by atoms with Crippen LogP contribution in [0.1, 0.15) is 32.2 Å². The molecule has 1 unspecified atom stereocenters. The third-order valence-corrected chi connectivity index (χ3v) is 3.15. The Morgan fingerprint density at radius 3 is 2.71 bits per heavy atom. The first-order chi connectivity index (χ1) is 8.06. The Morgan fingerprint density at radius 2 is 2.18 bits per heavy atom. The maximum Gasteiger partial charge on any atom is 0.0625 e. The van der Waals surface area contributed by atoms with E-state index in [1.54, 1.807) is 0 Å². The fourth-order valence-electron chi connectivity index (χ4n) is 1.85. The standard InChI is InChI=1S/C13H26N4/c1-6-12-8-13(17(5)15-12)9-14-11(3)10-16(4)7-2/h8,11,14H,6-7,9-10H2,1-5H3. The van der Waals surface area contributed by atoms with Gasteiger partial charge in [0.2, 0.25) is 0 Å². The highest BCUT2D eigenvalue weighted by Crippen LogP contribution is 2.03. The monoisotopic (exact) mass is 238 g/mol. The molecule has 1 heterocycles. The predicted molar refractivity (Wildman–Crippen MR) is 72.1 cm³/mol. The van der Waals surface area contributed by atoms with E-state index in [2.05, 4.69) is 49.2 Å². The van der Waals surface area contributed by atoms with Gasteiger partial charge in [-0.05, 0) is 33.0 Å². The van der Waals surface area contributed by atoms with Gasteiger partial charge in [0, 0.05) is 26.2 Å². The van der Waals surface area contributed by atoms with Gasteiger partial charge >= 0.3 is 0 Å². The van der Waals surface area contributed by atoms with Crippen molar-refractivity contribution in [3.8, 4) is 0 Å². The number of hydrogen-bond acceptors (Lipinski definition) is 3. The molecule has 0 amide bonds. The summed E-state index contributed by atoms with van der Waals surface area (Å²) in [5, 5.41) is 7.99. The van der Waals surface area contributed by atoms with Crippen LogP contribution in [0.4, 0.5) is 0 Å². The Kier molecular flexibility index (Phi) is 5.65. The van der Waals surface area contributed by atoms with Gasteiger partial charge in [-0.25, -0.2) is 0 Å². The summed E-state index contributed by atoms with van der Waals surface area (Å²) in [7, 11) is 4.16. The molecule has 0 fully saturated rings. The van der Waals surface area contributed by atoms with Crippen LogP contribution < -0.4 is 5.32 Å². The minimum atomic E-state index is 0.500. The van der Waals surface area contributed by atoms with Crippen LogP contribution in [0.2, 0.25) is 0 Å². The second kappa shape index (κ2) is 6.77. The van der Waals surface area contributed by atoms with E-state index in [1.807, 2.05) is 11.7 Å². The molecule has 1 aromatic rings. The maximum absolute atomic E-state index is 4.45. The van der Waals surface area contributed by atoms with Gasteiger partial charge in [0.25, 0.3) is 0 Å². The fraction of sp³-hybridized carbons (Fsp3) is 0.769. The van der Waals surface area contributed by atoms with Crippen molar-refractivity contribution in [3.05, 3.63) is 17.5 Å². The van der Waals surface area contributed by atoms with Crippen molar-refractivity contribution in [2.75, 3.05) is 20.1 Å². The highest BCUT2D eigenvalue weighted by molar-refractivity contribution is 5.09. The summed E-state index contributed by atoms with van der Waals surface area (Å²) < 4.78 is 1.97. The predicted octanol–water partition coefficient (Wildman–Crippen LogP) is 1.41. The van der Waals surface area contributed by atoms with Crippen LogP contribution in [0.15, 0.2) is 6.07 Å². The van der Waals surface area contributed by atoms with Crippen molar-refractivity contribution in [2.45, 2.75) is 39.8 Å². The molecular weight excluding hydrogens is 212 g/mol. The molecule has 0 bridgehead atoms. The van der Waals surface area contributed by atoms with E-state index in [0.717, 1.165) is 26.1 Å². The van der Waals surface area contributed by atoms with Crippen molar-refractivity contribution >= 4 is 0 Å². The lowest BCUT2D eigenvalue weighted by atomic mass is 10.2. The average Bonchev–Trinajstić information content (AvgIpc) is 2.67. The van der Waals surface area contributed by atoms with E-state index in [0.29, 0.717) is 6.04 Å². The first kappa shape index (κ1) is 14.2. The number of nitrogens with zero attached hydrogens (tertiary/aromatic N) is 3. The van der Waals surface area contributed by atoms with Gasteiger partial charge in [-0.15, -0.1) is 0 Å². The lowest BCUT2D eigenvalue weighted by Gasteiger charge is -2.20. The van der Waals surface area contributed by atoms with E-state index in [9.17, 15) is 0 Å². The highest BCUT2D eigenvalue weighted by atomic mass is 15.3. The third-order valence-electron chi connectivity index (χ3n) is 3.15. The molecule has 1 atom stereocenters. The van der Waals surface area contributed by atoms with Gasteiger partial charge in [0.05, 0.1) is 11.4 Å². The fourth-order valence-corrected chi connectivity index (χ4v) is 1.85. The van der Waals surface area contributed by atoms with E-state index in [1.165, 1.54) is 11.4 Å². The molecule has 0 aromatic carbocycles. The summed E-state index contributed by atoms with van der Waals surface area (Å²) in [5.74, 6) is 0. The molecule has 1 aromatic heterocycles. The molecule has 1 N–H and O–H groups in total. The van der Waals surface area contributed by atoms with Crippen LogP contribution in [-0.2, 0) is 20.0 Å². The highest BCUT2D eigenvalue weighted by Gasteiger charge is 2.07. The Bertz CT molecular complexity index is 332. The molecule has 0 spiro atoms. The normalized spacial score (nSPS) is 13.3. The zero-order valence-electron chi connectivity index (χ0n) is 11.8. The second-order valence-electron chi connectivity index (χ2n) is 4.74. The van der Waals surface area contributed by atoms with Crippen molar-refractivity contribution in [2.24, 2.45) is 7.05 Å². The minimum Gasteiger partial charge on any atom is -0.307 e. The quantitative estimate of drug-likeness (QED) is 0.780. The number of hydrogen-bond donors (Lipinski definition) is 1. The van der Waals surface area contributed by atoms with Gasteiger partial charge in [-0.2, -0.15) is 5.10 Å². The number of nitrogens with one attached hydrogen (secondary N) is 1. The van der Waals surface area contributed by atoms with Crippen molar-refractivity contribution in [3.63, 3.8) is 0 Å². The molecule has 0 saturated carbocycles. The topological polar surface area (TPSA) is 33.1 Å². The van der Waals surface area contributed by atoms with Crippen LogP contribution in [-0.4, -0.2) is 40.9 Å². The van der Waals surface area contributed by atoms with E-state index in [4.69, 9.17) is 0 Å². The zero-order chi connectivity index (χ0) is 12.8. The van der Waals surface area contributed by atoms with Gasteiger partial charge in [-0.3, -0.25) is 4.68 Å². The van der Waals surface area contributed by atoms with Crippen LogP contribution in [0.3, 0.4) is 0 Å². The van der Waals surface area contributed by atoms with Crippen molar-refractivity contribution in [1.29, 1.82) is 0 Å². The lowest BCUT2D eigenvalue weighted by molar-refractivity contribution is 0.308. The summed E-state index contributed by atoms with van der Waals surface area (Å²) in [4.78, 5) is 2.32. The minimum absolute atomic E-state index is 0.500. The molecule has 4 heteroatoms. The molecule has 0 aliphatic carbocycles. The van der Waals surface area contributed by atoms with Crippen LogP contribution in [0.5, 0.6) is 0 Å². The number of likely N-dealkylation sites (N-methyl/N-ethyl adjacent to an activating group) is 1. The summed E-state index contributed by atoms with van der Waals surface area (Å²) >= 11 is 0. The molecule has 0 saturated heterocycles. The summed E-state index contributed by atoms with van der Waals surface area (Å²) in [5.41, 5.74) is 2.43. The van der Waals surface area contributed by atoms with Crippen molar-refractivity contribution < 1.29 is 0 Å². The van der Waals surface area contributed by atoms with E-state index in [-0.39, 0.29) is 0 Å². The Hall–Kier alpha value is -0.870. The Morgan fingerprint density at radius 1 is 1.47 bits per heavy atom.